The minimum atomic E-state index is -0.320. The van der Waals surface area contributed by atoms with Crippen LogP contribution in [-0.2, 0) is 4.79 Å². The van der Waals surface area contributed by atoms with Crippen LogP contribution in [0.4, 0.5) is 5.69 Å². The van der Waals surface area contributed by atoms with Crippen molar-refractivity contribution in [1.82, 2.24) is 14.8 Å². The second-order valence-corrected chi connectivity index (χ2v) is 6.22. The quantitative estimate of drug-likeness (QED) is 0.446. The molecule has 0 aliphatic rings. The van der Waals surface area contributed by atoms with Crippen LogP contribution in [0, 0.1) is 0 Å². The summed E-state index contributed by atoms with van der Waals surface area (Å²) in [4.78, 5) is 16.3. The van der Waals surface area contributed by atoms with Gasteiger partial charge in [0, 0.05) is 6.08 Å². The van der Waals surface area contributed by atoms with E-state index in [1.54, 1.807) is 49.6 Å². The van der Waals surface area contributed by atoms with Crippen LogP contribution in [0.1, 0.15) is 5.56 Å². The van der Waals surface area contributed by atoms with Crippen molar-refractivity contribution in [3.63, 3.8) is 0 Å². The molecule has 3 rings (SSSR count). The van der Waals surface area contributed by atoms with Gasteiger partial charge in [0.25, 0.3) is 0 Å². The normalized spacial score (nSPS) is 10.7. The lowest BCUT2D eigenvalue weighted by atomic mass is 10.2. The lowest BCUT2D eigenvalue weighted by Crippen LogP contribution is -2.11. The van der Waals surface area contributed by atoms with Crippen molar-refractivity contribution in [2.24, 2.45) is 0 Å². The van der Waals surface area contributed by atoms with Crippen molar-refractivity contribution in [2.75, 3.05) is 19.0 Å². The molecule has 1 heterocycles. The molecule has 0 radical (unpaired) electrons. The van der Waals surface area contributed by atoms with E-state index in [1.165, 1.54) is 23.4 Å². The van der Waals surface area contributed by atoms with E-state index in [0.717, 1.165) is 5.56 Å². The molecular formula is C21H19ClN4O3. The Morgan fingerprint density at radius 3 is 2.90 bits per heavy atom. The van der Waals surface area contributed by atoms with E-state index in [-0.39, 0.29) is 5.91 Å². The minimum absolute atomic E-state index is 0.320. The highest BCUT2D eigenvalue weighted by molar-refractivity contribution is 6.33. The van der Waals surface area contributed by atoms with Crippen molar-refractivity contribution in [2.45, 2.75) is 0 Å². The first-order chi connectivity index (χ1) is 14.1. The van der Waals surface area contributed by atoms with Crippen molar-refractivity contribution in [3.8, 4) is 17.2 Å². The fourth-order valence-electron chi connectivity index (χ4n) is 2.57. The topological polar surface area (TPSA) is 78.3 Å². The average Bonchev–Trinajstić information content (AvgIpc) is 3.25. The summed E-state index contributed by atoms with van der Waals surface area (Å²) in [7, 11) is 1.56. The Morgan fingerprint density at radius 1 is 1.31 bits per heavy atom. The fourth-order valence-corrected chi connectivity index (χ4v) is 2.84. The lowest BCUT2D eigenvalue weighted by Gasteiger charge is -2.11. The van der Waals surface area contributed by atoms with Crippen molar-refractivity contribution >= 4 is 29.3 Å². The summed E-state index contributed by atoms with van der Waals surface area (Å²) in [6.07, 6.45) is 7.65. The zero-order chi connectivity index (χ0) is 20.6. The number of methoxy groups -OCH3 is 1. The van der Waals surface area contributed by atoms with Crippen LogP contribution < -0.4 is 14.8 Å². The number of benzene rings is 2. The molecule has 0 saturated heterocycles. The number of nitrogens with one attached hydrogen (secondary N) is 1. The second kappa shape index (κ2) is 9.57. The SMILES string of the molecule is C=CCOc1ccc(/C=C/C(=O)Nc2cccc(Cl)c2-n2cncn2)cc1OC. The molecule has 7 nitrogen and oxygen atoms in total. The summed E-state index contributed by atoms with van der Waals surface area (Å²) in [5, 5.41) is 7.33. The highest BCUT2D eigenvalue weighted by atomic mass is 35.5. The average molecular weight is 411 g/mol. The fraction of sp³-hybridized carbons (Fsp3) is 0.0952. The molecule has 1 aromatic heterocycles. The Kier molecular flexibility index (Phi) is 6.65. The number of para-hydroxylation sites is 1. The van der Waals surface area contributed by atoms with Crippen LogP contribution in [-0.4, -0.2) is 34.4 Å². The van der Waals surface area contributed by atoms with Crippen LogP contribution in [0.25, 0.3) is 11.8 Å². The Bertz CT molecular complexity index is 1030. The van der Waals surface area contributed by atoms with Gasteiger partial charge in [0.1, 0.15) is 24.9 Å². The van der Waals surface area contributed by atoms with E-state index in [2.05, 4.69) is 22.0 Å². The van der Waals surface area contributed by atoms with E-state index in [0.29, 0.717) is 34.5 Å². The number of hydrogen-bond acceptors (Lipinski definition) is 5. The van der Waals surface area contributed by atoms with Gasteiger partial charge in [-0.15, -0.1) is 0 Å². The summed E-state index contributed by atoms with van der Waals surface area (Å²) < 4.78 is 12.4. The Hall–Kier alpha value is -3.58. The number of carbonyl (C=O) groups excluding carboxylic acids is 1. The van der Waals surface area contributed by atoms with Crippen LogP contribution >= 0.6 is 11.6 Å². The molecule has 2 aromatic carbocycles. The molecule has 0 atom stereocenters. The van der Waals surface area contributed by atoms with Gasteiger partial charge in [-0.1, -0.05) is 36.4 Å². The smallest absolute Gasteiger partial charge is 0.248 e. The van der Waals surface area contributed by atoms with Crippen LogP contribution in [0.3, 0.4) is 0 Å². The van der Waals surface area contributed by atoms with E-state index in [9.17, 15) is 4.79 Å². The molecule has 29 heavy (non-hydrogen) atoms. The predicted molar refractivity (Wildman–Crippen MR) is 113 cm³/mol. The first kappa shape index (κ1) is 20.2. The molecule has 1 amide bonds. The third-order valence-corrected chi connectivity index (χ3v) is 4.17. The number of carbonyl (C=O) groups is 1. The van der Waals surface area contributed by atoms with Gasteiger partial charge in [0.15, 0.2) is 11.5 Å². The van der Waals surface area contributed by atoms with E-state index in [1.807, 2.05) is 6.07 Å². The second-order valence-electron chi connectivity index (χ2n) is 5.81. The van der Waals surface area contributed by atoms with Crippen molar-refractivity contribution in [1.29, 1.82) is 0 Å². The third-order valence-electron chi connectivity index (χ3n) is 3.86. The number of ether oxygens (including phenoxy) is 2. The van der Waals surface area contributed by atoms with Crippen LogP contribution in [0.5, 0.6) is 11.5 Å². The summed E-state index contributed by atoms with van der Waals surface area (Å²) >= 11 is 6.27. The maximum Gasteiger partial charge on any atom is 0.248 e. The monoisotopic (exact) mass is 410 g/mol. The first-order valence-electron chi connectivity index (χ1n) is 8.66. The maximum atomic E-state index is 12.4. The molecule has 0 fully saturated rings. The summed E-state index contributed by atoms with van der Waals surface area (Å²) in [5.74, 6) is 0.850. The molecular weight excluding hydrogens is 392 g/mol. The maximum absolute atomic E-state index is 12.4. The molecule has 0 aliphatic heterocycles. The zero-order valence-corrected chi connectivity index (χ0v) is 16.5. The first-order valence-corrected chi connectivity index (χ1v) is 9.04. The number of aromatic nitrogens is 3. The summed E-state index contributed by atoms with van der Waals surface area (Å²) in [5.41, 5.74) is 1.84. The zero-order valence-electron chi connectivity index (χ0n) is 15.7. The van der Waals surface area contributed by atoms with Crippen molar-refractivity contribution < 1.29 is 14.3 Å². The molecule has 0 saturated carbocycles. The third kappa shape index (κ3) is 5.03. The molecule has 3 aromatic rings. The van der Waals surface area contributed by atoms with Gasteiger partial charge in [-0.3, -0.25) is 4.79 Å². The highest BCUT2D eigenvalue weighted by Crippen LogP contribution is 2.29. The number of nitrogens with zero attached hydrogens (tertiary/aromatic N) is 3. The van der Waals surface area contributed by atoms with Crippen molar-refractivity contribution in [3.05, 3.63) is 78.4 Å². The van der Waals surface area contributed by atoms with Gasteiger partial charge in [-0.25, -0.2) is 9.67 Å². The Balaban J connectivity index is 1.76. The largest absolute Gasteiger partial charge is 0.493 e. The summed E-state index contributed by atoms with van der Waals surface area (Å²) in [6, 6.07) is 10.6. The van der Waals surface area contributed by atoms with Gasteiger partial charge in [-0.05, 0) is 35.9 Å². The molecule has 1 N–H and O–H groups in total. The van der Waals surface area contributed by atoms with Crippen LogP contribution in [0.15, 0.2) is 67.8 Å². The van der Waals surface area contributed by atoms with Gasteiger partial charge in [0.2, 0.25) is 5.91 Å². The number of rotatable bonds is 8. The number of halogens is 1. The molecule has 0 spiro atoms. The summed E-state index contributed by atoms with van der Waals surface area (Å²) in [6.45, 7) is 4.00. The Morgan fingerprint density at radius 2 is 2.17 bits per heavy atom. The van der Waals surface area contributed by atoms with Gasteiger partial charge >= 0.3 is 0 Å². The number of amides is 1. The minimum Gasteiger partial charge on any atom is -0.493 e. The van der Waals surface area contributed by atoms with Crippen LogP contribution in [0.2, 0.25) is 5.02 Å². The molecule has 0 unspecified atom stereocenters. The predicted octanol–water partition coefficient (Wildman–Crippen LogP) is 4.15. The van der Waals surface area contributed by atoms with Gasteiger partial charge in [0.05, 0.1) is 17.8 Å². The van der Waals surface area contributed by atoms with E-state index >= 15 is 0 Å². The number of anilines is 1. The van der Waals surface area contributed by atoms with E-state index < -0.39 is 0 Å². The standard InChI is InChI=1S/C21H19ClN4O3/c1-3-11-29-18-9-7-15(12-19(18)28-2)8-10-20(27)25-17-6-4-5-16(22)21(17)26-14-23-13-24-26/h3-10,12-14H,1,11H2,2H3,(H,25,27)/b10-8+. The highest BCUT2D eigenvalue weighted by Gasteiger charge is 2.11. The van der Waals surface area contributed by atoms with Gasteiger partial charge in [-0.2, -0.15) is 5.10 Å². The molecule has 0 aliphatic carbocycles. The molecule has 0 bridgehead atoms. The Labute approximate surface area is 173 Å². The van der Waals surface area contributed by atoms with E-state index in [4.69, 9.17) is 21.1 Å². The molecule has 148 valence electrons. The number of hydrogen-bond donors (Lipinski definition) is 1. The van der Waals surface area contributed by atoms with Gasteiger partial charge < -0.3 is 14.8 Å². The molecule has 8 heteroatoms. The lowest BCUT2D eigenvalue weighted by molar-refractivity contribution is -0.111.